The second-order valence-electron chi connectivity index (χ2n) is 7.91. The molecule has 6 nitrogen and oxygen atoms in total. The maximum atomic E-state index is 13.7. The first-order valence-electron chi connectivity index (χ1n) is 10.1. The number of rotatable bonds is 5. The van der Waals surface area contributed by atoms with Crippen molar-refractivity contribution < 1.29 is 13.2 Å². The molecule has 0 spiro atoms. The largest absolute Gasteiger partial charge is 0.283 e. The molecule has 0 saturated carbocycles. The molecule has 164 valence electrons. The van der Waals surface area contributed by atoms with Gasteiger partial charge in [0.2, 0.25) is 15.9 Å². The fourth-order valence-corrected chi connectivity index (χ4v) is 6.11. The van der Waals surface area contributed by atoms with E-state index in [1.165, 1.54) is 21.9 Å². The number of halogens is 1. The predicted octanol–water partition coefficient (Wildman–Crippen LogP) is 4.46. The second-order valence-corrected chi connectivity index (χ2v) is 11.3. The SMILES string of the molecule is Cc1ccc(Cl)c2sc(N(Cc3ccccc3)C(=O)C3CCCN(S(C)(=O)=O)C3)nc12. The Bertz CT molecular complexity index is 1170. The van der Waals surface area contributed by atoms with Crippen LogP contribution in [0.2, 0.25) is 5.02 Å². The minimum atomic E-state index is -3.34. The number of carbonyl (C=O) groups is 1. The predicted molar refractivity (Wildman–Crippen MR) is 126 cm³/mol. The average Bonchev–Trinajstić information content (AvgIpc) is 3.21. The molecule has 0 radical (unpaired) electrons. The Morgan fingerprint density at radius 3 is 2.68 bits per heavy atom. The van der Waals surface area contributed by atoms with Crippen LogP contribution in [-0.4, -0.2) is 43.0 Å². The Morgan fingerprint density at radius 2 is 2.00 bits per heavy atom. The van der Waals surface area contributed by atoms with E-state index >= 15 is 0 Å². The van der Waals surface area contributed by atoms with Crippen molar-refractivity contribution in [2.24, 2.45) is 5.92 Å². The zero-order chi connectivity index (χ0) is 22.2. The molecule has 0 bridgehead atoms. The molecule has 31 heavy (non-hydrogen) atoms. The third kappa shape index (κ3) is 4.77. The molecule has 1 atom stereocenters. The number of benzene rings is 2. The number of amides is 1. The Labute approximate surface area is 191 Å². The van der Waals surface area contributed by atoms with Crippen LogP contribution in [0.5, 0.6) is 0 Å². The van der Waals surface area contributed by atoms with E-state index in [-0.39, 0.29) is 12.5 Å². The van der Waals surface area contributed by atoms with E-state index in [9.17, 15) is 13.2 Å². The van der Waals surface area contributed by atoms with Gasteiger partial charge in [-0.1, -0.05) is 59.3 Å². The molecule has 1 aromatic heterocycles. The van der Waals surface area contributed by atoms with Crippen molar-refractivity contribution in [1.29, 1.82) is 0 Å². The lowest BCUT2D eigenvalue weighted by Crippen LogP contribution is -2.46. The van der Waals surface area contributed by atoms with Gasteiger partial charge in [0.25, 0.3) is 0 Å². The van der Waals surface area contributed by atoms with Crippen LogP contribution in [0.3, 0.4) is 0 Å². The smallest absolute Gasteiger partial charge is 0.233 e. The molecule has 4 rings (SSSR count). The molecule has 1 aliphatic heterocycles. The number of sulfonamides is 1. The van der Waals surface area contributed by atoms with Gasteiger partial charge in [-0.15, -0.1) is 0 Å². The third-order valence-corrected chi connectivity index (χ3v) is 8.38. The summed E-state index contributed by atoms with van der Waals surface area (Å²) in [5.41, 5.74) is 2.77. The maximum absolute atomic E-state index is 13.7. The molecule has 2 aromatic carbocycles. The molecule has 1 aliphatic rings. The Morgan fingerprint density at radius 1 is 1.26 bits per heavy atom. The summed E-state index contributed by atoms with van der Waals surface area (Å²) in [6, 6.07) is 13.5. The third-order valence-electron chi connectivity index (χ3n) is 5.57. The lowest BCUT2D eigenvalue weighted by Gasteiger charge is -2.33. The van der Waals surface area contributed by atoms with E-state index in [0.29, 0.717) is 36.1 Å². The van der Waals surface area contributed by atoms with Crippen molar-refractivity contribution in [1.82, 2.24) is 9.29 Å². The number of thiazole rings is 1. The van der Waals surface area contributed by atoms with E-state index in [2.05, 4.69) is 0 Å². The number of anilines is 1. The van der Waals surface area contributed by atoms with Gasteiger partial charge in [0.05, 0.1) is 34.0 Å². The number of aryl methyl sites for hydroxylation is 1. The standard InChI is InChI=1S/C22H24ClN3O3S2/c1-15-10-11-18(23)20-19(15)24-22(30-20)26(13-16-7-4-3-5-8-16)21(27)17-9-6-12-25(14-17)31(2,28)29/h3-5,7-8,10-11,17H,6,9,12-14H2,1-2H3. The number of hydrogen-bond acceptors (Lipinski definition) is 5. The fraction of sp³-hybridized carbons (Fsp3) is 0.364. The van der Waals surface area contributed by atoms with Crippen LogP contribution in [0, 0.1) is 12.8 Å². The van der Waals surface area contributed by atoms with E-state index in [1.807, 2.05) is 49.4 Å². The summed E-state index contributed by atoms with van der Waals surface area (Å²) in [4.78, 5) is 20.1. The topological polar surface area (TPSA) is 70.6 Å². The monoisotopic (exact) mass is 477 g/mol. The van der Waals surface area contributed by atoms with Gasteiger partial charge in [-0.25, -0.2) is 17.7 Å². The normalized spacial score (nSPS) is 17.7. The fourth-order valence-electron chi connectivity index (χ4n) is 3.88. The van der Waals surface area contributed by atoms with Crippen molar-refractivity contribution in [2.45, 2.75) is 26.3 Å². The number of carbonyl (C=O) groups excluding carboxylic acids is 1. The van der Waals surface area contributed by atoms with E-state index in [1.54, 1.807) is 4.90 Å². The van der Waals surface area contributed by atoms with Gasteiger partial charge in [0.15, 0.2) is 5.13 Å². The summed E-state index contributed by atoms with van der Waals surface area (Å²) in [5.74, 6) is -0.513. The van der Waals surface area contributed by atoms with E-state index < -0.39 is 15.9 Å². The molecule has 3 aromatic rings. The maximum Gasteiger partial charge on any atom is 0.233 e. The van der Waals surface area contributed by atoms with Gasteiger partial charge in [-0.2, -0.15) is 0 Å². The molecule has 0 aliphatic carbocycles. The molecule has 0 N–H and O–H groups in total. The first-order chi connectivity index (χ1) is 14.7. The van der Waals surface area contributed by atoms with Crippen LogP contribution >= 0.6 is 22.9 Å². The molecule has 1 fully saturated rings. The number of aromatic nitrogens is 1. The highest BCUT2D eigenvalue weighted by Gasteiger charge is 2.34. The summed E-state index contributed by atoms with van der Waals surface area (Å²) in [5, 5.41) is 1.19. The highest BCUT2D eigenvalue weighted by atomic mass is 35.5. The highest BCUT2D eigenvalue weighted by molar-refractivity contribution is 7.88. The lowest BCUT2D eigenvalue weighted by atomic mass is 9.98. The molecule has 1 saturated heterocycles. The van der Waals surface area contributed by atoms with Crippen LogP contribution in [0.15, 0.2) is 42.5 Å². The minimum absolute atomic E-state index is 0.106. The number of fused-ring (bicyclic) bond motifs is 1. The van der Waals surface area contributed by atoms with Crippen molar-refractivity contribution in [3.8, 4) is 0 Å². The summed E-state index contributed by atoms with van der Waals surface area (Å²) in [7, 11) is -3.34. The van der Waals surface area contributed by atoms with Gasteiger partial charge < -0.3 is 0 Å². The number of nitrogens with zero attached hydrogens (tertiary/aromatic N) is 3. The zero-order valence-corrected chi connectivity index (χ0v) is 19.8. The van der Waals surface area contributed by atoms with Crippen molar-refractivity contribution in [2.75, 3.05) is 24.2 Å². The van der Waals surface area contributed by atoms with Crippen LogP contribution in [0.25, 0.3) is 10.2 Å². The molecular formula is C22H24ClN3O3S2. The first kappa shape index (κ1) is 22.2. The van der Waals surface area contributed by atoms with Gasteiger partial charge in [-0.05, 0) is 37.0 Å². The molecule has 2 heterocycles. The molecule has 9 heteroatoms. The highest BCUT2D eigenvalue weighted by Crippen LogP contribution is 2.37. The van der Waals surface area contributed by atoms with Crippen molar-refractivity contribution in [3.05, 3.63) is 58.6 Å². The summed E-state index contributed by atoms with van der Waals surface area (Å²) < 4.78 is 26.4. The molecule has 1 unspecified atom stereocenters. The van der Waals surface area contributed by atoms with Gasteiger partial charge in [0.1, 0.15) is 0 Å². The van der Waals surface area contributed by atoms with Gasteiger partial charge in [0, 0.05) is 13.1 Å². The quantitative estimate of drug-likeness (QED) is 0.543. The lowest BCUT2D eigenvalue weighted by molar-refractivity contribution is -0.123. The average molecular weight is 478 g/mol. The van der Waals surface area contributed by atoms with Crippen molar-refractivity contribution >= 4 is 54.2 Å². The second kappa shape index (κ2) is 8.86. The van der Waals surface area contributed by atoms with Crippen LogP contribution in [0.1, 0.15) is 24.0 Å². The van der Waals surface area contributed by atoms with Crippen LogP contribution in [-0.2, 0) is 21.4 Å². The molecular weight excluding hydrogens is 454 g/mol. The van der Waals surface area contributed by atoms with E-state index in [0.717, 1.165) is 21.3 Å². The first-order valence-corrected chi connectivity index (χ1v) is 13.1. The van der Waals surface area contributed by atoms with Gasteiger partial charge in [-0.3, -0.25) is 9.69 Å². The Hall–Kier alpha value is -2.00. The van der Waals surface area contributed by atoms with Gasteiger partial charge >= 0.3 is 0 Å². The van der Waals surface area contributed by atoms with Crippen LogP contribution < -0.4 is 4.90 Å². The Kier molecular flexibility index (Phi) is 6.35. The number of piperidine rings is 1. The zero-order valence-electron chi connectivity index (χ0n) is 17.4. The van der Waals surface area contributed by atoms with Crippen molar-refractivity contribution in [3.63, 3.8) is 0 Å². The molecule has 1 amide bonds. The number of hydrogen-bond donors (Lipinski definition) is 0. The summed E-state index contributed by atoms with van der Waals surface area (Å²) in [6.45, 7) is 2.99. The summed E-state index contributed by atoms with van der Waals surface area (Å²) in [6.07, 6.45) is 2.51. The van der Waals surface area contributed by atoms with Crippen LogP contribution in [0.4, 0.5) is 5.13 Å². The van der Waals surface area contributed by atoms with E-state index in [4.69, 9.17) is 16.6 Å². The summed E-state index contributed by atoms with van der Waals surface area (Å²) >= 11 is 7.79. The Balaban J connectivity index is 1.72. The minimum Gasteiger partial charge on any atom is -0.283 e.